The zero-order valence-corrected chi connectivity index (χ0v) is 24.0. The second kappa shape index (κ2) is 10.8. The minimum atomic E-state index is -1.27. The third-order valence-corrected chi connectivity index (χ3v) is 8.41. The van der Waals surface area contributed by atoms with Crippen molar-refractivity contribution in [1.29, 1.82) is 0 Å². The van der Waals surface area contributed by atoms with Gasteiger partial charge in [0.25, 0.3) is 11.8 Å². The molecule has 4 amide bonds. The monoisotopic (exact) mass is 560 g/mol. The highest BCUT2D eigenvalue weighted by molar-refractivity contribution is 7.12. The normalized spacial score (nSPS) is 20.6. The van der Waals surface area contributed by atoms with E-state index < -0.39 is 36.0 Å². The van der Waals surface area contributed by atoms with Gasteiger partial charge in [-0.2, -0.15) is 5.10 Å². The van der Waals surface area contributed by atoms with Crippen LogP contribution in [0.1, 0.15) is 60.7 Å². The number of hydrogen-bond acceptors (Lipinski definition) is 7. The fourth-order valence-corrected chi connectivity index (χ4v) is 5.82. The number of benzene rings is 2. The van der Waals surface area contributed by atoms with E-state index in [1.165, 1.54) is 16.3 Å². The summed E-state index contributed by atoms with van der Waals surface area (Å²) in [6.07, 6.45) is 0.474. The maximum Gasteiger partial charge on any atom is 0.325 e. The first-order chi connectivity index (χ1) is 19.2. The lowest BCUT2D eigenvalue weighted by Crippen LogP contribution is -2.43. The smallest absolute Gasteiger partial charge is 0.325 e. The van der Waals surface area contributed by atoms with Crippen LogP contribution < -0.4 is 14.8 Å². The Bertz CT molecular complexity index is 1470. The standard InChI is InChI=1S/C30H32N4O5S/c1-18(2)19-8-11-21(12-9-19)30(3)28(36)33(29(37)31-30)17-27(35)34-23(16-22(32-34)26-7-6-14-40-26)20-10-13-24(38-4)25(15-20)39-5/h6-15,18,23H,16-17H2,1-5H3,(H,31,37). The predicted molar refractivity (Wildman–Crippen MR) is 153 cm³/mol. The number of ether oxygens (including phenoxy) is 2. The van der Waals surface area contributed by atoms with Gasteiger partial charge < -0.3 is 14.8 Å². The van der Waals surface area contributed by atoms with E-state index in [0.717, 1.165) is 26.6 Å². The summed E-state index contributed by atoms with van der Waals surface area (Å²) in [5.41, 5.74) is 2.08. The quantitative estimate of drug-likeness (QED) is 0.390. The van der Waals surface area contributed by atoms with E-state index in [1.54, 1.807) is 27.2 Å². The van der Waals surface area contributed by atoms with E-state index in [0.29, 0.717) is 29.4 Å². The number of hydrogen-bond donors (Lipinski definition) is 1. The van der Waals surface area contributed by atoms with Crippen molar-refractivity contribution in [3.63, 3.8) is 0 Å². The summed E-state index contributed by atoms with van der Waals surface area (Å²) < 4.78 is 10.9. The summed E-state index contributed by atoms with van der Waals surface area (Å²) in [4.78, 5) is 42.2. The van der Waals surface area contributed by atoms with Gasteiger partial charge in [-0.05, 0) is 53.1 Å². The van der Waals surface area contributed by atoms with Crippen molar-refractivity contribution in [3.05, 3.63) is 81.5 Å². The maximum atomic E-state index is 13.7. The Kier molecular flexibility index (Phi) is 7.37. The van der Waals surface area contributed by atoms with Crippen LogP contribution in [-0.2, 0) is 15.1 Å². The second-order valence-corrected chi connectivity index (χ2v) is 11.3. The summed E-state index contributed by atoms with van der Waals surface area (Å²) in [6, 6.07) is 15.9. The Morgan fingerprint density at radius 3 is 2.45 bits per heavy atom. The topological polar surface area (TPSA) is 101 Å². The van der Waals surface area contributed by atoms with Gasteiger partial charge in [0.1, 0.15) is 12.1 Å². The van der Waals surface area contributed by atoms with E-state index in [4.69, 9.17) is 9.47 Å². The number of rotatable bonds is 8. The van der Waals surface area contributed by atoms with E-state index in [-0.39, 0.29) is 0 Å². The Hall–Kier alpha value is -4.18. The minimum Gasteiger partial charge on any atom is -0.493 e. The van der Waals surface area contributed by atoms with Crippen molar-refractivity contribution in [2.24, 2.45) is 5.10 Å². The average molecular weight is 561 g/mol. The average Bonchev–Trinajstić information content (AvgIpc) is 3.69. The van der Waals surface area contributed by atoms with Crippen LogP contribution in [0.25, 0.3) is 0 Å². The molecule has 1 aromatic heterocycles. The highest BCUT2D eigenvalue weighted by Crippen LogP contribution is 2.38. The molecule has 40 heavy (non-hydrogen) atoms. The van der Waals surface area contributed by atoms with E-state index in [9.17, 15) is 14.4 Å². The van der Waals surface area contributed by atoms with Gasteiger partial charge in [0.15, 0.2) is 11.5 Å². The summed E-state index contributed by atoms with van der Waals surface area (Å²) in [7, 11) is 3.11. The van der Waals surface area contributed by atoms with Gasteiger partial charge in [0.2, 0.25) is 0 Å². The molecule has 2 aliphatic heterocycles. The van der Waals surface area contributed by atoms with Gasteiger partial charge in [-0.3, -0.25) is 14.5 Å². The molecule has 0 bridgehead atoms. The van der Waals surface area contributed by atoms with Gasteiger partial charge >= 0.3 is 6.03 Å². The molecule has 1 N–H and O–H groups in total. The van der Waals surface area contributed by atoms with Gasteiger partial charge in [-0.15, -0.1) is 11.3 Å². The van der Waals surface area contributed by atoms with Crippen LogP contribution in [-0.4, -0.2) is 54.2 Å². The molecule has 1 saturated heterocycles. The molecule has 0 spiro atoms. The first-order valence-corrected chi connectivity index (χ1v) is 13.9. The molecule has 5 rings (SSSR count). The number of thiophene rings is 1. The Morgan fingerprint density at radius 1 is 1.10 bits per heavy atom. The summed E-state index contributed by atoms with van der Waals surface area (Å²) in [5, 5.41) is 10.8. The first kappa shape index (κ1) is 27.4. The van der Waals surface area contributed by atoms with E-state index in [1.807, 2.05) is 53.9 Å². The number of carbonyl (C=O) groups excluding carboxylic acids is 3. The number of methoxy groups -OCH3 is 2. The lowest BCUT2D eigenvalue weighted by atomic mass is 9.90. The van der Waals surface area contributed by atoms with Crippen molar-refractivity contribution in [1.82, 2.24) is 15.2 Å². The number of carbonyl (C=O) groups is 3. The van der Waals surface area contributed by atoms with Crippen molar-refractivity contribution in [2.75, 3.05) is 20.8 Å². The molecule has 2 unspecified atom stereocenters. The van der Waals surface area contributed by atoms with Gasteiger partial charge in [0, 0.05) is 6.42 Å². The summed E-state index contributed by atoms with van der Waals surface area (Å²) in [6.45, 7) is 5.41. The van der Waals surface area contributed by atoms with Crippen LogP contribution in [0.2, 0.25) is 0 Å². The molecular weight excluding hydrogens is 528 g/mol. The lowest BCUT2D eigenvalue weighted by Gasteiger charge is -2.25. The highest BCUT2D eigenvalue weighted by Gasteiger charge is 2.50. The van der Waals surface area contributed by atoms with Crippen LogP contribution in [0.15, 0.2) is 65.1 Å². The minimum absolute atomic E-state index is 0.337. The molecule has 3 aromatic rings. The van der Waals surface area contributed by atoms with Crippen LogP contribution >= 0.6 is 11.3 Å². The van der Waals surface area contributed by atoms with Crippen molar-refractivity contribution in [2.45, 2.75) is 44.7 Å². The Morgan fingerprint density at radius 2 is 1.82 bits per heavy atom. The second-order valence-electron chi connectivity index (χ2n) is 10.3. The number of amides is 4. The van der Waals surface area contributed by atoms with E-state index >= 15 is 0 Å². The van der Waals surface area contributed by atoms with Gasteiger partial charge in [-0.25, -0.2) is 9.80 Å². The predicted octanol–water partition coefficient (Wildman–Crippen LogP) is 5.03. The molecular formula is C30H32N4O5S. The fourth-order valence-electron chi connectivity index (χ4n) is 5.10. The molecule has 0 saturated carbocycles. The van der Waals surface area contributed by atoms with E-state index in [2.05, 4.69) is 24.3 Å². The molecule has 2 aliphatic rings. The van der Waals surface area contributed by atoms with Crippen LogP contribution in [0.3, 0.4) is 0 Å². The van der Waals surface area contributed by atoms with Crippen LogP contribution in [0.4, 0.5) is 4.79 Å². The number of urea groups is 1. The van der Waals surface area contributed by atoms with Crippen LogP contribution in [0.5, 0.6) is 11.5 Å². The van der Waals surface area contributed by atoms with Crippen molar-refractivity contribution >= 4 is 34.9 Å². The molecule has 1 fully saturated rings. The first-order valence-electron chi connectivity index (χ1n) is 13.1. The molecule has 2 aromatic carbocycles. The molecule has 0 radical (unpaired) electrons. The van der Waals surface area contributed by atoms with Crippen LogP contribution in [0, 0.1) is 0 Å². The molecule has 208 valence electrons. The Labute approximate surface area is 237 Å². The molecule has 10 heteroatoms. The van der Waals surface area contributed by atoms with Crippen molar-refractivity contribution < 1.29 is 23.9 Å². The molecule has 3 heterocycles. The zero-order chi connectivity index (χ0) is 28.6. The molecule has 2 atom stereocenters. The number of hydrazone groups is 1. The number of nitrogens with one attached hydrogen (secondary N) is 1. The van der Waals surface area contributed by atoms with Gasteiger partial charge in [-0.1, -0.05) is 50.2 Å². The zero-order valence-electron chi connectivity index (χ0n) is 23.1. The fraction of sp³-hybridized carbons (Fsp3) is 0.333. The third-order valence-electron chi connectivity index (χ3n) is 7.49. The van der Waals surface area contributed by atoms with Gasteiger partial charge in [0.05, 0.1) is 30.9 Å². The number of nitrogens with zero attached hydrogens (tertiary/aromatic N) is 3. The Balaban J connectivity index is 1.42. The summed E-state index contributed by atoms with van der Waals surface area (Å²) in [5.74, 6) is 0.497. The maximum absolute atomic E-state index is 13.7. The molecule has 0 aliphatic carbocycles. The third kappa shape index (κ3) is 4.83. The van der Waals surface area contributed by atoms with Crippen molar-refractivity contribution in [3.8, 4) is 11.5 Å². The SMILES string of the molecule is COc1ccc(C2CC(c3cccs3)=NN2C(=O)CN2C(=O)NC(C)(c3ccc(C(C)C)cc3)C2=O)cc1OC. The summed E-state index contributed by atoms with van der Waals surface area (Å²) >= 11 is 1.54. The lowest BCUT2D eigenvalue weighted by molar-refractivity contribution is -0.140. The molecule has 9 nitrogen and oxygen atoms in total. The largest absolute Gasteiger partial charge is 0.493 e. The number of imide groups is 1. The highest BCUT2D eigenvalue weighted by atomic mass is 32.1.